The van der Waals surface area contributed by atoms with Crippen LogP contribution in [0.25, 0.3) is 0 Å². The molecule has 0 unspecified atom stereocenters. The van der Waals surface area contributed by atoms with E-state index in [9.17, 15) is 4.79 Å². The smallest absolute Gasteiger partial charge is 0.267 e. The Bertz CT molecular complexity index is 583. The van der Waals surface area contributed by atoms with E-state index in [2.05, 4.69) is 15.6 Å². The van der Waals surface area contributed by atoms with E-state index in [0.717, 1.165) is 17.4 Å². The van der Waals surface area contributed by atoms with E-state index in [-0.39, 0.29) is 5.91 Å². The van der Waals surface area contributed by atoms with Gasteiger partial charge in [-0.2, -0.15) is 0 Å². The predicted octanol–water partition coefficient (Wildman–Crippen LogP) is 2.16. The summed E-state index contributed by atoms with van der Waals surface area (Å²) >= 11 is 1.33. The number of hydrogen-bond donors (Lipinski definition) is 3. The predicted molar refractivity (Wildman–Crippen MR) is 85.2 cm³/mol. The van der Waals surface area contributed by atoms with Crippen LogP contribution in [0.15, 0.2) is 30.5 Å². The fourth-order valence-corrected chi connectivity index (χ4v) is 2.40. The van der Waals surface area contributed by atoms with Gasteiger partial charge in [-0.1, -0.05) is 11.3 Å². The van der Waals surface area contributed by atoms with Gasteiger partial charge in [0.05, 0.1) is 6.20 Å². The average Bonchev–Trinajstić information content (AvgIpc) is 2.96. The van der Waals surface area contributed by atoms with Gasteiger partial charge in [-0.3, -0.25) is 4.79 Å². The molecule has 0 saturated heterocycles. The molecule has 0 aliphatic carbocycles. The molecule has 1 aromatic heterocycles. The summed E-state index contributed by atoms with van der Waals surface area (Å²) in [5, 5.41) is 6.64. The molecule has 112 valence electrons. The van der Waals surface area contributed by atoms with Crippen molar-refractivity contribution in [3.8, 4) is 5.75 Å². The molecule has 0 atom stereocenters. The van der Waals surface area contributed by atoms with E-state index in [1.807, 2.05) is 6.92 Å². The molecule has 0 saturated carbocycles. The van der Waals surface area contributed by atoms with E-state index in [0.29, 0.717) is 23.7 Å². The largest absolute Gasteiger partial charge is 0.492 e. The number of thiazole rings is 1. The highest BCUT2D eigenvalue weighted by Crippen LogP contribution is 2.20. The Morgan fingerprint density at radius 3 is 2.81 bits per heavy atom. The molecule has 21 heavy (non-hydrogen) atoms. The molecule has 2 rings (SSSR count). The van der Waals surface area contributed by atoms with Crippen LogP contribution >= 0.6 is 11.3 Å². The van der Waals surface area contributed by atoms with Crippen LogP contribution in [-0.2, 0) is 0 Å². The maximum Gasteiger partial charge on any atom is 0.267 e. The highest BCUT2D eigenvalue weighted by molar-refractivity contribution is 7.17. The third kappa shape index (κ3) is 4.44. The molecule has 0 spiro atoms. The summed E-state index contributed by atoms with van der Waals surface area (Å²) in [5.41, 5.74) is 6.08. The van der Waals surface area contributed by atoms with Gasteiger partial charge >= 0.3 is 0 Å². The molecular formula is C14H18N4O2S. The lowest BCUT2D eigenvalue weighted by Gasteiger charge is -2.06. The second kappa shape index (κ2) is 7.61. The first kappa shape index (κ1) is 15.3. The first-order valence-electron chi connectivity index (χ1n) is 6.67. The number of nitrogens with zero attached hydrogens (tertiary/aromatic N) is 1. The van der Waals surface area contributed by atoms with Crippen molar-refractivity contribution < 1.29 is 9.53 Å². The van der Waals surface area contributed by atoms with E-state index >= 15 is 0 Å². The molecule has 1 amide bonds. The van der Waals surface area contributed by atoms with E-state index in [1.54, 1.807) is 30.5 Å². The summed E-state index contributed by atoms with van der Waals surface area (Å²) in [6, 6.07) is 7.16. The van der Waals surface area contributed by atoms with E-state index < -0.39 is 0 Å². The quantitative estimate of drug-likeness (QED) is 0.729. The van der Waals surface area contributed by atoms with Crippen molar-refractivity contribution in [2.45, 2.75) is 6.92 Å². The molecule has 0 radical (unpaired) electrons. The third-order valence-corrected chi connectivity index (χ3v) is 3.51. The van der Waals surface area contributed by atoms with Crippen LogP contribution in [0.2, 0.25) is 0 Å². The van der Waals surface area contributed by atoms with Crippen molar-refractivity contribution in [3.63, 3.8) is 0 Å². The van der Waals surface area contributed by atoms with Gasteiger partial charge in [-0.25, -0.2) is 4.98 Å². The van der Waals surface area contributed by atoms with Gasteiger partial charge in [0, 0.05) is 18.8 Å². The SMILES string of the molecule is CCNc1ncc(C(=O)Nc2ccc(OCCN)cc2)s1. The van der Waals surface area contributed by atoms with Crippen molar-refractivity contribution in [1.29, 1.82) is 0 Å². The van der Waals surface area contributed by atoms with Crippen LogP contribution in [0.4, 0.5) is 10.8 Å². The van der Waals surface area contributed by atoms with Gasteiger partial charge in [0.1, 0.15) is 17.2 Å². The normalized spacial score (nSPS) is 10.2. The van der Waals surface area contributed by atoms with Gasteiger partial charge in [0.15, 0.2) is 5.13 Å². The Kier molecular flexibility index (Phi) is 5.53. The van der Waals surface area contributed by atoms with Gasteiger partial charge in [-0.15, -0.1) is 0 Å². The van der Waals surface area contributed by atoms with E-state index in [4.69, 9.17) is 10.5 Å². The highest BCUT2D eigenvalue weighted by Gasteiger charge is 2.10. The number of hydrogen-bond acceptors (Lipinski definition) is 6. The molecule has 7 heteroatoms. The van der Waals surface area contributed by atoms with Crippen LogP contribution in [-0.4, -0.2) is 30.6 Å². The highest BCUT2D eigenvalue weighted by atomic mass is 32.1. The fourth-order valence-electron chi connectivity index (χ4n) is 1.62. The topological polar surface area (TPSA) is 89.3 Å². The number of amides is 1. The van der Waals surface area contributed by atoms with Crippen molar-refractivity contribution in [2.75, 3.05) is 30.3 Å². The zero-order chi connectivity index (χ0) is 15.1. The first-order chi connectivity index (χ1) is 10.2. The number of aromatic nitrogens is 1. The Hall–Kier alpha value is -2.12. The minimum atomic E-state index is -0.174. The maximum atomic E-state index is 12.1. The average molecular weight is 306 g/mol. The Morgan fingerprint density at radius 1 is 1.38 bits per heavy atom. The summed E-state index contributed by atoms with van der Waals surface area (Å²) in [6.45, 7) is 3.70. The summed E-state index contributed by atoms with van der Waals surface area (Å²) in [7, 11) is 0. The summed E-state index contributed by atoms with van der Waals surface area (Å²) in [4.78, 5) is 16.8. The molecule has 0 aliphatic heterocycles. The van der Waals surface area contributed by atoms with Gasteiger partial charge in [0.25, 0.3) is 5.91 Å². The molecule has 0 fully saturated rings. The number of nitrogens with two attached hydrogens (primary N) is 1. The number of carbonyl (C=O) groups excluding carboxylic acids is 1. The lowest BCUT2D eigenvalue weighted by molar-refractivity contribution is 0.103. The van der Waals surface area contributed by atoms with Gasteiger partial charge < -0.3 is 21.1 Å². The fraction of sp³-hybridized carbons (Fsp3) is 0.286. The molecule has 1 aromatic carbocycles. The van der Waals surface area contributed by atoms with Gasteiger partial charge in [-0.05, 0) is 31.2 Å². The maximum absolute atomic E-state index is 12.1. The molecule has 6 nitrogen and oxygen atoms in total. The lowest BCUT2D eigenvalue weighted by atomic mass is 10.3. The number of rotatable bonds is 7. The van der Waals surface area contributed by atoms with Crippen molar-refractivity contribution in [1.82, 2.24) is 4.98 Å². The minimum Gasteiger partial charge on any atom is -0.492 e. The first-order valence-corrected chi connectivity index (χ1v) is 7.48. The van der Waals surface area contributed by atoms with Crippen LogP contribution in [0.1, 0.15) is 16.6 Å². The lowest BCUT2D eigenvalue weighted by Crippen LogP contribution is -2.11. The Morgan fingerprint density at radius 2 is 2.14 bits per heavy atom. The minimum absolute atomic E-state index is 0.174. The van der Waals surface area contributed by atoms with Crippen molar-refractivity contribution >= 4 is 28.1 Å². The van der Waals surface area contributed by atoms with Gasteiger partial charge in [0.2, 0.25) is 0 Å². The van der Waals surface area contributed by atoms with Crippen molar-refractivity contribution in [3.05, 3.63) is 35.3 Å². The van der Waals surface area contributed by atoms with Crippen LogP contribution in [0.3, 0.4) is 0 Å². The standard InChI is InChI=1S/C14H18N4O2S/c1-2-16-14-17-9-12(21-14)13(19)18-10-3-5-11(6-4-10)20-8-7-15/h3-6,9H,2,7-8,15H2,1H3,(H,16,17)(H,18,19). The molecule has 1 heterocycles. The monoisotopic (exact) mass is 306 g/mol. The molecule has 2 aromatic rings. The van der Waals surface area contributed by atoms with Crippen LogP contribution in [0.5, 0.6) is 5.75 Å². The Balaban J connectivity index is 1.95. The molecule has 0 aliphatic rings. The van der Waals surface area contributed by atoms with Crippen molar-refractivity contribution in [2.24, 2.45) is 5.73 Å². The second-order valence-electron chi connectivity index (χ2n) is 4.18. The van der Waals surface area contributed by atoms with E-state index in [1.165, 1.54) is 11.3 Å². The zero-order valence-corrected chi connectivity index (χ0v) is 12.6. The summed E-state index contributed by atoms with van der Waals surface area (Å²) in [5.74, 6) is 0.554. The number of benzene rings is 1. The number of anilines is 2. The number of carbonyl (C=O) groups is 1. The van der Waals surface area contributed by atoms with Crippen LogP contribution < -0.4 is 21.1 Å². The molecular weight excluding hydrogens is 288 g/mol. The summed E-state index contributed by atoms with van der Waals surface area (Å²) < 4.78 is 5.38. The van der Waals surface area contributed by atoms with Crippen LogP contribution in [0, 0.1) is 0 Å². The number of nitrogens with one attached hydrogen (secondary N) is 2. The Labute approximate surface area is 127 Å². The molecule has 0 bridgehead atoms. The third-order valence-electron chi connectivity index (χ3n) is 2.56. The summed E-state index contributed by atoms with van der Waals surface area (Å²) in [6.07, 6.45) is 1.57. The second-order valence-corrected chi connectivity index (χ2v) is 5.21. The number of ether oxygens (including phenoxy) is 1. The zero-order valence-electron chi connectivity index (χ0n) is 11.8. The molecule has 4 N–H and O–H groups in total.